The van der Waals surface area contributed by atoms with Crippen LogP contribution in [-0.2, 0) is 0 Å². The average molecular weight is 293 g/mol. The maximum atomic E-state index is 5.96. The molecule has 0 bridgehead atoms. The Morgan fingerprint density at radius 3 is 2.14 bits per heavy atom. The van der Waals surface area contributed by atoms with Crippen LogP contribution >= 0.6 is 11.8 Å². The van der Waals surface area contributed by atoms with E-state index in [1.165, 1.54) is 0 Å². The molecule has 0 fully saturated rings. The van der Waals surface area contributed by atoms with Crippen LogP contribution in [0.5, 0.6) is 11.5 Å². The second-order valence-electron chi connectivity index (χ2n) is 4.53. The van der Waals surface area contributed by atoms with Crippen molar-refractivity contribution in [1.82, 2.24) is 0 Å². The van der Waals surface area contributed by atoms with Crippen molar-refractivity contribution < 1.29 is 4.74 Å². The molecule has 0 heterocycles. The molecule has 0 amide bonds. The first-order valence-corrected chi connectivity index (χ1v) is 7.48. The molecule has 0 aromatic heterocycles. The molecule has 3 aromatic rings. The van der Waals surface area contributed by atoms with Crippen LogP contribution in [0.25, 0.3) is 0 Å². The van der Waals surface area contributed by atoms with E-state index in [-0.39, 0.29) is 0 Å². The fraction of sp³-hybridized carbons (Fsp3) is 0. The van der Waals surface area contributed by atoms with Crippen LogP contribution in [-0.4, -0.2) is 0 Å². The van der Waals surface area contributed by atoms with Crippen molar-refractivity contribution in [1.29, 1.82) is 0 Å². The molecular formula is C18H15NOS. The van der Waals surface area contributed by atoms with E-state index in [9.17, 15) is 0 Å². The molecule has 0 unspecified atom stereocenters. The van der Waals surface area contributed by atoms with Crippen molar-refractivity contribution in [3.05, 3.63) is 78.9 Å². The zero-order valence-corrected chi connectivity index (χ0v) is 12.2. The van der Waals surface area contributed by atoms with Crippen molar-refractivity contribution in [2.24, 2.45) is 0 Å². The van der Waals surface area contributed by atoms with E-state index in [2.05, 4.69) is 6.07 Å². The van der Waals surface area contributed by atoms with Gasteiger partial charge in [0.15, 0.2) is 0 Å². The molecule has 104 valence electrons. The number of nitrogens with two attached hydrogens (primary N) is 1. The van der Waals surface area contributed by atoms with Gasteiger partial charge in [-0.2, -0.15) is 0 Å². The highest BCUT2D eigenvalue weighted by Gasteiger charge is 2.06. The predicted molar refractivity (Wildman–Crippen MR) is 87.9 cm³/mol. The zero-order valence-electron chi connectivity index (χ0n) is 11.4. The first-order chi connectivity index (χ1) is 10.3. The summed E-state index contributed by atoms with van der Waals surface area (Å²) in [5.74, 6) is 1.69. The van der Waals surface area contributed by atoms with Gasteiger partial charge < -0.3 is 10.5 Å². The lowest BCUT2D eigenvalue weighted by Gasteiger charge is -2.10. The summed E-state index contributed by atoms with van der Waals surface area (Å²) in [6, 6.07) is 25.7. The van der Waals surface area contributed by atoms with Gasteiger partial charge in [0.1, 0.15) is 11.5 Å². The zero-order chi connectivity index (χ0) is 14.5. The van der Waals surface area contributed by atoms with Gasteiger partial charge in [0.05, 0.1) is 4.90 Å². The number of para-hydroxylation sites is 2. The van der Waals surface area contributed by atoms with Gasteiger partial charge in [-0.05, 0) is 48.5 Å². The number of benzene rings is 3. The van der Waals surface area contributed by atoms with Gasteiger partial charge in [0, 0.05) is 10.6 Å². The number of rotatable bonds is 4. The first-order valence-electron chi connectivity index (χ1n) is 6.66. The predicted octanol–water partition coefficient (Wildman–Crippen LogP) is 5.21. The van der Waals surface area contributed by atoms with Gasteiger partial charge >= 0.3 is 0 Å². The monoisotopic (exact) mass is 293 g/mol. The summed E-state index contributed by atoms with van der Waals surface area (Å²) in [4.78, 5) is 2.21. The van der Waals surface area contributed by atoms with E-state index in [0.717, 1.165) is 27.0 Å². The molecule has 3 heteroatoms. The van der Waals surface area contributed by atoms with E-state index < -0.39 is 0 Å². The summed E-state index contributed by atoms with van der Waals surface area (Å²) in [7, 11) is 0. The van der Waals surface area contributed by atoms with Gasteiger partial charge in [0.2, 0.25) is 0 Å². The molecule has 0 aliphatic carbocycles. The highest BCUT2D eigenvalue weighted by Crippen LogP contribution is 2.37. The van der Waals surface area contributed by atoms with Gasteiger partial charge in [0.25, 0.3) is 0 Å². The van der Waals surface area contributed by atoms with Crippen LogP contribution in [0.15, 0.2) is 88.7 Å². The summed E-state index contributed by atoms with van der Waals surface area (Å²) < 4.78 is 5.96. The summed E-state index contributed by atoms with van der Waals surface area (Å²) in [5.41, 5.74) is 6.49. The molecule has 0 aliphatic rings. The highest BCUT2D eigenvalue weighted by molar-refractivity contribution is 7.99. The molecule has 0 aliphatic heterocycles. The normalized spacial score (nSPS) is 10.3. The lowest BCUT2D eigenvalue weighted by molar-refractivity contribution is 0.471. The van der Waals surface area contributed by atoms with Crippen molar-refractivity contribution in [2.75, 3.05) is 5.73 Å². The van der Waals surface area contributed by atoms with Crippen molar-refractivity contribution in [2.45, 2.75) is 9.79 Å². The minimum Gasteiger partial charge on any atom is -0.456 e. The molecule has 2 N–H and O–H groups in total. The molecular weight excluding hydrogens is 278 g/mol. The van der Waals surface area contributed by atoms with Gasteiger partial charge in [-0.25, -0.2) is 0 Å². The van der Waals surface area contributed by atoms with Crippen LogP contribution in [0, 0.1) is 0 Å². The Hall–Kier alpha value is -2.39. The van der Waals surface area contributed by atoms with Crippen molar-refractivity contribution in [3.63, 3.8) is 0 Å². The van der Waals surface area contributed by atoms with E-state index in [4.69, 9.17) is 10.5 Å². The Balaban J connectivity index is 1.84. The molecule has 0 atom stereocenters. The smallest absolute Gasteiger partial charge is 0.141 e. The Kier molecular flexibility index (Phi) is 4.12. The van der Waals surface area contributed by atoms with Crippen molar-refractivity contribution >= 4 is 17.4 Å². The van der Waals surface area contributed by atoms with Crippen LogP contribution < -0.4 is 10.5 Å². The van der Waals surface area contributed by atoms with Crippen LogP contribution in [0.4, 0.5) is 5.69 Å². The summed E-state index contributed by atoms with van der Waals surface area (Å²) in [6.07, 6.45) is 0. The SMILES string of the molecule is Nc1ccc(Sc2ccccc2Oc2ccccc2)cc1. The maximum Gasteiger partial charge on any atom is 0.141 e. The Bertz CT molecular complexity index is 711. The van der Waals surface area contributed by atoms with Gasteiger partial charge in [-0.15, -0.1) is 0 Å². The third kappa shape index (κ3) is 3.58. The van der Waals surface area contributed by atoms with E-state index in [0.29, 0.717) is 0 Å². The number of hydrogen-bond acceptors (Lipinski definition) is 3. The van der Waals surface area contributed by atoms with Crippen LogP contribution in [0.2, 0.25) is 0 Å². The highest BCUT2D eigenvalue weighted by atomic mass is 32.2. The van der Waals surface area contributed by atoms with E-state index in [1.807, 2.05) is 72.8 Å². The minimum absolute atomic E-state index is 0.771. The Morgan fingerprint density at radius 1 is 0.714 bits per heavy atom. The molecule has 21 heavy (non-hydrogen) atoms. The number of nitrogen functional groups attached to an aromatic ring is 1. The molecule has 0 spiro atoms. The number of hydrogen-bond donors (Lipinski definition) is 1. The fourth-order valence-electron chi connectivity index (χ4n) is 1.90. The second kappa shape index (κ2) is 6.37. The Morgan fingerprint density at radius 2 is 1.38 bits per heavy atom. The van der Waals surface area contributed by atoms with Gasteiger partial charge in [-0.3, -0.25) is 0 Å². The first kappa shape index (κ1) is 13.6. The number of anilines is 1. The summed E-state index contributed by atoms with van der Waals surface area (Å²) >= 11 is 1.66. The lowest BCUT2D eigenvalue weighted by atomic mass is 10.3. The second-order valence-corrected chi connectivity index (χ2v) is 5.65. The molecule has 3 aromatic carbocycles. The van der Waals surface area contributed by atoms with Crippen LogP contribution in [0.1, 0.15) is 0 Å². The third-order valence-corrected chi connectivity index (χ3v) is 3.99. The van der Waals surface area contributed by atoms with Crippen LogP contribution in [0.3, 0.4) is 0 Å². The Labute approximate surface area is 128 Å². The topological polar surface area (TPSA) is 35.2 Å². The molecule has 0 saturated heterocycles. The summed E-state index contributed by atoms with van der Waals surface area (Å²) in [5, 5.41) is 0. The molecule has 2 nitrogen and oxygen atoms in total. The van der Waals surface area contributed by atoms with Gasteiger partial charge in [-0.1, -0.05) is 42.1 Å². The van der Waals surface area contributed by atoms with E-state index >= 15 is 0 Å². The molecule has 0 radical (unpaired) electrons. The largest absolute Gasteiger partial charge is 0.456 e. The average Bonchev–Trinajstić information content (AvgIpc) is 2.52. The fourth-order valence-corrected chi connectivity index (χ4v) is 2.78. The third-order valence-electron chi connectivity index (χ3n) is 2.93. The van der Waals surface area contributed by atoms with Crippen molar-refractivity contribution in [3.8, 4) is 11.5 Å². The summed E-state index contributed by atoms with van der Waals surface area (Å²) in [6.45, 7) is 0. The quantitative estimate of drug-likeness (QED) is 0.670. The number of ether oxygens (including phenoxy) is 1. The minimum atomic E-state index is 0.771. The standard InChI is InChI=1S/C18H15NOS/c19-14-10-12-16(13-11-14)21-18-9-5-4-8-17(18)20-15-6-2-1-3-7-15/h1-13H,19H2. The molecule has 0 saturated carbocycles. The lowest BCUT2D eigenvalue weighted by Crippen LogP contribution is -1.87. The van der Waals surface area contributed by atoms with E-state index in [1.54, 1.807) is 11.8 Å². The molecule has 3 rings (SSSR count). The maximum absolute atomic E-state index is 5.96.